The normalized spacial score (nSPS) is 9.64. The first-order valence-corrected chi connectivity index (χ1v) is 3.18. The number of ether oxygens (including phenoxy) is 1. The van der Waals surface area contributed by atoms with Gasteiger partial charge in [0.2, 0.25) is 0 Å². The maximum Gasteiger partial charge on any atom is 0.341 e. The van der Waals surface area contributed by atoms with Gasteiger partial charge in [0.15, 0.2) is 0 Å². The van der Waals surface area contributed by atoms with Gasteiger partial charge >= 0.3 is 5.97 Å². The molecular formula is C7H10N2O2. The second kappa shape index (κ2) is 2.65. The lowest BCUT2D eigenvalue weighted by Gasteiger charge is -1.97. The number of rotatable bonds is 1. The summed E-state index contributed by atoms with van der Waals surface area (Å²) in [4.78, 5) is 13.8. The Balaban J connectivity index is 3.10. The molecule has 1 aromatic rings. The number of carbonyl (C=O) groups excluding carboxylic acids is 1. The Morgan fingerprint density at radius 1 is 1.73 bits per heavy atom. The number of hydrogen-bond acceptors (Lipinski definition) is 3. The first kappa shape index (κ1) is 7.65. The topological polar surface area (TPSA) is 68.1 Å². The van der Waals surface area contributed by atoms with Gasteiger partial charge in [-0.05, 0) is 6.92 Å². The molecule has 0 aliphatic heterocycles. The van der Waals surface area contributed by atoms with Crippen molar-refractivity contribution in [1.82, 2.24) is 4.98 Å². The highest BCUT2D eigenvalue weighted by Gasteiger charge is 2.13. The quantitative estimate of drug-likeness (QED) is 0.585. The molecule has 0 saturated heterocycles. The molecule has 0 aliphatic carbocycles. The molecule has 1 heterocycles. The van der Waals surface area contributed by atoms with Gasteiger partial charge in [0, 0.05) is 11.9 Å². The van der Waals surface area contributed by atoms with Crippen molar-refractivity contribution in [3.8, 4) is 0 Å². The van der Waals surface area contributed by atoms with Gasteiger partial charge in [-0.3, -0.25) is 0 Å². The molecule has 0 aliphatic rings. The van der Waals surface area contributed by atoms with E-state index in [-0.39, 0.29) is 0 Å². The number of carbonyl (C=O) groups is 1. The van der Waals surface area contributed by atoms with Crippen LogP contribution in [-0.2, 0) is 4.74 Å². The molecule has 0 bridgehead atoms. The fraction of sp³-hybridized carbons (Fsp3) is 0.286. The molecule has 1 rings (SSSR count). The summed E-state index contributed by atoms with van der Waals surface area (Å²) >= 11 is 0. The summed E-state index contributed by atoms with van der Waals surface area (Å²) in [6.07, 6.45) is 1.57. The molecule has 60 valence electrons. The maximum atomic E-state index is 11.0. The number of hydrogen-bond donors (Lipinski definition) is 2. The molecule has 4 nitrogen and oxygen atoms in total. The van der Waals surface area contributed by atoms with E-state index in [2.05, 4.69) is 9.72 Å². The molecule has 3 N–H and O–H groups in total. The molecule has 0 fully saturated rings. The average Bonchev–Trinajstić information content (AvgIpc) is 2.30. The van der Waals surface area contributed by atoms with Crippen LogP contribution in [0.25, 0.3) is 0 Å². The van der Waals surface area contributed by atoms with E-state index in [0.717, 1.165) is 5.69 Å². The molecule has 0 spiro atoms. The van der Waals surface area contributed by atoms with Crippen LogP contribution in [0.3, 0.4) is 0 Å². The van der Waals surface area contributed by atoms with Gasteiger partial charge in [-0.1, -0.05) is 0 Å². The zero-order chi connectivity index (χ0) is 8.43. The number of esters is 1. The van der Waals surface area contributed by atoms with Crippen LogP contribution in [0.15, 0.2) is 6.20 Å². The minimum absolute atomic E-state index is 0.402. The summed E-state index contributed by atoms with van der Waals surface area (Å²) in [5, 5.41) is 0. The van der Waals surface area contributed by atoms with Crippen molar-refractivity contribution in [1.29, 1.82) is 0 Å². The number of aromatic nitrogens is 1. The first-order valence-electron chi connectivity index (χ1n) is 3.18. The fourth-order valence-electron chi connectivity index (χ4n) is 0.920. The predicted molar refractivity (Wildman–Crippen MR) is 41.3 cm³/mol. The minimum Gasteiger partial charge on any atom is -0.465 e. The largest absolute Gasteiger partial charge is 0.465 e. The van der Waals surface area contributed by atoms with Gasteiger partial charge in [0.25, 0.3) is 0 Å². The molecule has 0 amide bonds. The van der Waals surface area contributed by atoms with Gasteiger partial charge in [0.05, 0.1) is 12.8 Å². The highest BCUT2D eigenvalue weighted by Crippen LogP contribution is 2.15. The Hall–Kier alpha value is -1.45. The van der Waals surface area contributed by atoms with Crippen LogP contribution >= 0.6 is 0 Å². The Morgan fingerprint density at radius 2 is 2.36 bits per heavy atom. The minimum atomic E-state index is -0.402. The summed E-state index contributed by atoms with van der Waals surface area (Å²) < 4.78 is 4.52. The van der Waals surface area contributed by atoms with E-state index in [0.29, 0.717) is 11.3 Å². The Labute approximate surface area is 64.4 Å². The first-order chi connectivity index (χ1) is 5.16. The second-order valence-corrected chi connectivity index (χ2v) is 2.24. The van der Waals surface area contributed by atoms with Crippen LogP contribution in [0, 0.1) is 6.92 Å². The number of anilines is 1. The van der Waals surface area contributed by atoms with Crippen LogP contribution in [0.5, 0.6) is 0 Å². The molecule has 11 heavy (non-hydrogen) atoms. The molecule has 0 aromatic carbocycles. The zero-order valence-electron chi connectivity index (χ0n) is 6.47. The van der Waals surface area contributed by atoms with Gasteiger partial charge in [-0.25, -0.2) is 4.79 Å². The summed E-state index contributed by atoms with van der Waals surface area (Å²) in [6, 6.07) is 0. The lowest BCUT2D eigenvalue weighted by molar-refractivity contribution is 0.0601. The van der Waals surface area contributed by atoms with Crippen molar-refractivity contribution in [2.24, 2.45) is 0 Å². The van der Waals surface area contributed by atoms with Crippen molar-refractivity contribution < 1.29 is 9.53 Å². The van der Waals surface area contributed by atoms with Gasteiger partial charge in [0.1, 0.15) is 5.56 Å². The van der Waals surface area contributed by atoms with Crippen molar-refractivity contribution in [2.45, 2.75) is 6.92 Å². The van der Waals surface area contributed by atoms with Gasteiger partial charge < -0.3 is 15.5 Å². The maximum absolute atomic E-state index is 11.0. The third-order valence-electron chi connectivity index (χ3n) is 1.50. The van der Waals surface area contributed by atoms with E-state index in [1.54, 1.807) is 13.1 Å². The van der Waals surface area contributed by atoms with Crippen molar-refractivity contribution in [2.75, 3.05) is 12.8 Å². The number of methoxy groups -OCH3 is 1. The molecule has 0 unspecified atom stereocenters. The smallest absolute Gasteiger partial charge is 0.341 e. The van der Waals surface area contributed by atoms with Crippen molar-refractivity contribution >= 4 is 11.7 Å². The number of nitrogens with two attached hydrogens (primary N) is 1. The van der Waals surface area contributed by atoms with E-state index in [9.17, 15) is 4.79 Å². The van der Waals surface area contributed by atoms with Crippen molar-refractivity contribution in [3.63, 3.8) is 0 Å². The van der Waals surface area contributed by atoms with Crippen LogP contribution in [0.2, 0.25) is 0 Å². The molecule has 0 saturated carbocycles. The van der Waals surface area contributed by atoms with Crippen LogP contribution < -0.4 is 5.73 Å². The zero-order valence-corrected chi connectivity index (χ0v) is 6.47. The third-order valence-corrected chi connectivity index (χ3v) is 1.50. The SMILES string of the molecule is COC(=O)c1c(N)c[nH]c1C. The molecule has 0 atom stereocenters. The molecule has 1 aromatic heterocycles. The summed E-state index contributed by atoms with van der Waals surface area (Å²) in [7, 11) is 1.33. The number of nitrogen functional groups attached to an aromatic ring is 1. The van der Waals surface area contributed by atoms with Crippen molar-refractivity contribution in [3.05, 3.63) is 17.5 Å². The molecule has 4 heteroatoms. The second-order valence-electron chi connectivity index (χ2n) is 2.24. The standard InChI is InChI=1S/C7H10N2O2/c1-4-6(7(10)11-2)5(8)3-9-4/h3,9H,8H2,1-2H3. The van der Waals surface area contributed by atoms with E-state index in [4.69, 9.17) is 5.73 Å². The van der Waals surface area contributed by atoms with Gasteiger partial charge in [-0.15, -0.1) is 0 Å². The summed E-state index contributed by atoms with van der Waals surface area (Å²) in [5.74, 6) is -0.402. The van der Waals surface area contributed by atoms with Crippen LogP contribution in [0.1, 0.15) is 16.1 Å². The highest BCUT2D eigenvalue weighted by atomic mass is 16.5. The van der Waals surface area contributed by atoms with E-state index in [1.165, 1.54) is 7.11 Å². The third kappa shape index (κ3) is 1.19. The van der Waals surface area contributed by atoms with E-state index in [1.807, 2.05) is 0 Å². The van der Waals surface area contributed by atoms with Crippen LogP contribution in [0.4, 0.5) is 5.69 Å². The number of aryl methyl sites for hydroxylation is 1. The fourth-order valence-corrected chi connectivity index (χ4v) is 0.920. The highest BCUT2D eigenvalue weighted by molar-refractivity contribution is 5.96. The Morgan fingerprint density at radius 3 is 2.73 bits per heavy atom. The monoisotopic (exact) mass is 154 g/mol. The molecular weight excluding hydrogens is 144 g/mol. The van der Waals surface area contributed by atoms with E-state index >= 15 is 0 Å². The number of aromatic amines is 1. The molecule has 0 radical (unpaired) electrons. The Kier molecular flexibility index (Phi) is 1.85. The Bertz CT molecular complexity index is 258. The average molecular weight is 154 g/mol. The van der Waals surface area contributed by atoms with Gasteiger partial charge in [-0.2, -0.15) is 0 Å². The summed E-state index contributed by atoms with van der Waals surface area (Å²) in [6.45, 7) is 1.77. The lowest BCUT2D eigenvalue weighted by Crippen LogP contribution is -2.04. The van der Waals surface area contributed by atoms with Crippen LogP contribution in [-0.4, -0.2) is 18.1 Å². The number of H-pyrrole nitrogens is 1. The number of nitrogens with one attached hydrogen (secondary N) is 1. The summed E-state index contributed by atoms with van der Waals surface area (Å²) in [5.41, 5.74) is 7.07. The van der Waals surface area contributed by atoms with E-state index < -0.39 is 5.97 Å². The lowest BCUT2D eigenvalue weighted by atomic mass is 10.2. The predicted octanol–water partition coefficient (Wildman–Crippen LogP) is 0.692.